The number of carbonyl (C=O) groups is 4. The average molecular weight is 675 g/mol. The Morgan fingerprint density at radius 1 is 1.25 bits per heavy atom. The van der Waals surface area contributed by atoms with Crippen molar-refractivity contribution in [2.75, 3.05) is 32.8 Å². The van der Waals surface area contributed by atoms with Crippen LogP contribution in [0.4, 0.5) is 0 Å². The molecule has 2 N–H and O–H groups in total. The summed E-state index contributed by atoms with van der Waals surface area (Å²) in [5.41, 5.74) is -0.559. The van der Waals surface area contributed by atoms with Gasteiger partial charge in [0.1, 0.15) is 17.7 Å². The maximum Gasteiger partial charge on any atom is 0.313 e. The van der Waals surface area contributed by atoms with Crippen LogP contribution >= 0.6 is 15.9 Å². The Morgan fingerprint density at radius 3 is 2.66 bits per heavy atom. The summed E-state index contributed by atoms with van der Waals surface area (Å²) in [5.74, 6) is -3.42. The Labute approximate surface area is 267 Å². The van der Waals surface area contributed by atoms with Crippen LogP contribution in [0.1, 0.15) is 57.1 Å². The van der Waals surface area contributed by atoms with E-state index >= 15 is 0 Å². The highest BCUT2D eigenvalue weighted by molar-refractivity contribution is 9.09. The number of rotatable bonds is 17. The van der Waals surface area contributed by atoms with Crippen molar-refractivity contribution in [2.24, 2.45) is 11.8 Å². The number of hydrogen-bond donors (Lipinski definition) is 2. The number of ether oxygens (including phenoxy) is 2. The molecular weight excluding hydrogens is 630 g/mol. The SMILES string of the molecule is C=CCCC(=O)NC[C@@H](OC(=O)[C@@H]1[C@H]2O[C@@]3(CC2Br)[C@H](C(=O)N(CC=C)CCCCC)N(CCO)C(=O)[C@@H]13)c1ccccc1. The van der Waals surface area contributed by atoms with Crippen LogP contribution in [0, 0.1) is 11.8 Å². The molecule has 1 spiro atoms. The lowest BCUT2D eigenvalue weighted by Gasteiger charge is -2.37. The fourth-order valence-electron chi connectivity index (χ4n) is 6.84. The summed E-state index contributed by atoms with van der Waals surface area (Å²) < 4.78 is 12.6. The lowest BCUT2D eigenvalue weighted by atomic mass is 9.70. The molecule has 3 heterocycles. The van der Waals surface area contributed by atoms with Gasteiger partial charge in [-0.15, -0.1) is 13.2 Å². The molecule has 3 amide bonds. The van der Waals surface area contributed by atoms with Gasteiger partial charge >= 0.3 is 5.97 Å². The third kappa shape index (κ3) is 6.79. The molecule has 0 saturated carbocycles. The summed E-state index contributed by atoms with van der Waals surface area (Å²) in [6.07, 6.45) is 5.72. The minimum absolute atomic E-state index is 0.0531. The van der Waals surface area contributed by atoms with Gasteiger partial charge in [-0.1, -0.05) is 78.2 Å². The molecule has 10 nitrogen and oxygen atoms in total. The minimum atomic E-state index is -1.25. The van der Waals surface area contributed by atoms with Crippen molar-refractivity contribution in [3.8, 4) is 0 Å². The number of hydrogen-bond acceptors (Lipinski definition) is 7. The minimum Gasteiger partial charge on any atom is -0.455 e. The molecule has 3 aliphatic heterocycles. The summed E-state index contributed by atoms with van der Waals surface area (Å²) in [6, 6.07) is 8.11. The lowest BCUT2D eigenvalue weighted by Crippen LogP contribution is -2.57. The largest absolute Gasteiger partial charge is 0.455 e. The first-order valence-electron chi connectivity index (χ1n) is 15.5. The number of likely N-dealkylation sites (tertiary alicyclic amines) is 1. The van der Waals surface area contributed by atoms with Crippen molar-refractivity contribution in [3.63, 3.8) is 0 Å². The number of esters is 1. The highest BCUT2D eigenvalue weighted by Gasteiger charge is 2.77. The number of unbranched alkanes of at least 4 members (excludes halogenated alkanes) is 2. The second kappa shape index (κ2) is 15.3. The number of alkyl halides is 1. The van der Waals surface area contributed by atoms with Gasteiger partial charge in [-0.25, -0.2) is 0 Å². The molecule has 7 atom stereocenters. The van der Waals surface area contributed by atoms with Gasteiger partial charge in [0, 0.05) is 30.9 Å². The third-order valence-corrected chi connectivity index (χ3v) is 9.66. The number of carbonyl (C=O) groups excluding carboxylic acids is 4. The van der Waals surface area contributed by atoms with Crippen LogP contribution in [-0.2, 0) is 28.7 Å². The molecule has 3 aliphatic rings. The number of aliphatic hydroxyl groups is 1. The van der Waals surface area contributed by atoms with Crippen LogP contribution < -0.4 is 5.32 Å². The standard InChI is InChI=1S/C33H44BrN3O7/c1-4-7-12-17-36(16-6-3)31(41)29-33-20-23(34)28(44-33)26(27(33)30(40)37(29)18-19-38)32(42)43-24(22-13-10-9-11-14-22)21-35-25(39)15-8-5-2/h5-6,9-11,13-14,23-24,26-29,38H,2-4,7-8,12,15-21H2,1H3,(H,35,39)/t23?,24-,26+,27-,28+,29+,33-/m1/s1. The molecule has 0 aliphatic carbocycles. The summed E-state index contributed by atoms with van der Waals surface area (Å²) in [4.78, 5) is 57.4. The second-order valence-electron chi connectivity index (χ2n) is 11.7. The summed E-state index contributed by atoms with van der Waals surface area (Å²) in [5, 5.41) is 12.7. The molecule has 4 rings (SSSR count). The van der Waals surface area contributed by atoms with Gasteiger partial charge < -0.3 is 29.7 Å². The molecule has 240 valence electrons. The van der Waals surface area contributed by atoms with Crippen molar-refractivity contribution in [1.82, 2.24) is 15.1 Å². The van der Waals surface area contributed by atoms with Crippen LogP contribution in [-0.4, -0.2) is 94.0 Å². The summed E-state index contributed by atoms with van der Waals surface area (Å²) in [6.45, 7) is 10.0. The van der Waals surface area contributed by atoms with Gasteiger partial charge in [-0.05, 0) is 24.8 Å². The van der Waals surface area contributed by atoms with Crippen LogP contribution in [0.25, 0.3) is 0 Å². The average Bonchev–Trinajstić information content (AvgIpc) is 3.61. The molecule has 11 heteroatoms. The monoisotopic (exact) mass is 673 g/mol. The van der Waals surface area contributed by atoms with E-state index in [1.54, 1.807) is 17.1 Å². The number of nitrogens with zero attached hydrogens (tertiary/aromatic N) is 2. The van der Waals surface area contributed by atoms with Crippen LogP contribution in [0.3, 0.4) is 0 Å². The molecule has 2 bridgehead atoms. The van der Waals surface area contributed by atoms with Gasteiger partial charge in [-0.2, -0.15) is 0 Å². The van der Waals surface area contributed by atoms with E-state index in [0.29, 0.717) is 31.5 Å². The normalized spacial score (nSPS) is 27.5. The van der Waals surface area contributed by atoms with Gasteiger partial charge in [-0.3, -0.25) is 19.2 Å². The van der Waals surface area contributed by atoms with E-state index in [1.807, 2.05) is 30.3 Å². The van der Waals surface area contributed by atoms with Gasteiger partial charge in [0.25, 0.3) is 0 Å². The fraction of sp³-hybridized carbons (Fsp3) is 0.576. The number of β-amino-alcohol motifs (C(OH)–C–C–N with tert-alkyl or cyclic N) is 1. The van der Waals surface area contributed by atoms with E-state index in [9.17, 15) is 24.3 Å². The first-order valence-corrected chi connectivity index (χ1v) is 16.4. The second-order valence-corrected chi connectivity index (χ2v) is 12.8. The maximum absolute atomic E-state index is 14.2. The molecule has 44 heavy (non-hydrogen) atoms. The lowest BCUT2D eigenvalue weighted by molar-refractivity contribution is -0.160. The fourth-order valence-corrected chi connectivity index (χ4v) is 7.78. The Hall–Kier alpha value is -3.02. The van der Waals surface area contributed by atoms with E-state index in [0.717, 1.165) is 19.3 Å². The molecule has 1 aromatic carbocycles. The molecule has 3 saturated heterocycles. The van der Waals surface area contributed by atoms with Crippen molar-refractivity contribution < 1.29 is 33.8 Å². The first-order chi connectivity index (χ1) is 21.2. The van der Waals surface area contributed by atoms with E-state index < -0.39 is 47.6 Å². The predicted molar refractivity (Wildman–Crippen MR) is 169 cm³/mol. The maximum atomic E-state index is 14.2. The zero-order valence-electron chi connectivity index (χ0n) is 25.4. The number of benzene rings is 1. The number of amides is 3. The molecule has 1 aromatic rings. The smallest absolute Gasteiger partial charge is 0.313 e. The van der Waals surface area contributed by atoms with Crippen LogP contribution in [0.2, 0.25) is 0 Å². The van der Waals surface area contributed by atoms with Crippen LogP contribution in [0.15, 0.2) is 55.6 Å². The molecular formula is C33H44BrN3O7. The molecule has 0 radical (unpaired) electrons. The Morgan fingerprint density at radius 2 is 2.00 bits per heavy atom. The third-order valence-electron chi connectivity index (χ3n) is 8.82. The number of allylic oxidation sites excluding steroid dienone is 1. The predicted octanol–water partition coefficient (Wildman–Crippen LogP) is 3.30. The molecule has 0 aromatic heterocycles. The molecule has 3 fully saturated rings. The van der Waals surface area contributed by atoms with E-state index in [1.165, 1.54) is 4.90 Å². The zero-order valence-corrected chi connectivity index (χ0v) is 27.0. The van der Waals surface area contributed by atoms with Crippen molar-refractivity contribution in [3.05, 3.63) is 61.2 Å². The Kier molecular flexibility index (Phi) is 11.8. The van der Waals surface area contributed by atoms with E-state index in [-0.39, 0.29) is 42.8 Å². The summed E-state index contributed by atoms with van der Waals surface area (Å²) in [7, 11) is 0. The van der Waals surface area contributed by atoms with Crippen molar-refractivity contribution in [2.45, 2.75) is 74.1 Å². The van der Waals surface area contributed by atoms with E-state index in [4.69, 9.17) is 9.47 Å². The highest BCUT2D eigenvalue weighted by atomic mass is 79.9. The Bertz CT molecular complexity index is 1210. The van der Waals surface area contributed by atoms with Crippen LogP contribution in [0.5, 0.6) is 0 Å². The Balaban J connectivity index is 1.62. The topological polar surface area (TPSA) is 125 Å². The van der Waals surface area contributed by atoms with Crippen molar-refractivity contribution in [1.29, 1.82) is 0 Å². The number of fused-ring (bicyclic) bond motifs is 1. The number of aliphatic hydroxyl groups excluding tert-OH is 1. The van der Waals surface area contributed by atoms with Gasteiger partial charge in [0.15, 0.2) is 0 Å². The van der Waals surface area contributed by atoms with E-state index in [2.05, 4.69) is 41.3 Å². The quantitative estimate of drug-likeness (QED) is 0.113. The summed E-state index contributed by atoms with van der Waals surface area (Å²) >= 11 is 3.68. The van der Waals surface area contributed by atoms with Gasteiger partial charge in [0.05, 0.1) is 31.1 Å². The highest BCUT2D eigenvalue weighted by Crippen LogP contribution is 2.60. The molecule has 1 unspecified atom stereocenters. The van der Waals surface area contributed by atoms with Crippen molar-refractivity contribution >= 4 is 39.6 Å². The first kappa shape index (κ1) is 33.9. The number of halogens is 1. The van der Waals surface area contributed by atoms with Gasteiger partial charge in [0.2, 0.25) is 17.7 Å². The number of nitrogens with one attached hydrogen (secondary N) is 1. The zero-order chi connectivity index (χ0) is 31.9.